The van der Waals surface area contributed by atoms with Crippen molar-refractivity contribution in [2.45, 2.75) is 24.9 Å². The Morgan fingerprint density at radius 3 is 3.15 bits per heavy atom. The van der Waals surface area contributed by atoms with E-state index in [1.165, 1.54) is 0 Å². The van der Waals surface area contributed by atoms with Crippen molar-refractivity contribution in [2.24, 2.45) is 0 Å². The van der Waals surface area contributed by atoms with Gasteiger partial charge >= 0.3 is 0 Å². The number of aromatic nitrogens is 1. The Balaban J connectivity index is 2.42. The third-order valence-corrected chi connectivity index (χ3v) is 2.58. The second-order valence-electron chi connectivity index (χ2n) is 3.40. The van der Waals surface area contributed by atoms with E-state index in [1.54, 1.807) is 18.3 Å². The average molecular weight is 181 g/mol. The molecule has 0 saturated carbocycles. The quantitative estimate of drug-likeness (QED) is 0.718. The first kappa shape index (κ1) is 8.63. The number of hydrogen-bond acceptors (Lipinski definition) is 2. The zero-order chi connectivity index (χ0) is 9.26. The van der Waals surface area contributed by atoms with Gasteiger partial charge in [0.15, 0.2) is 0 Å². The van der Waals surface area contributed by atoms with E-state index in [-0.39, 0.29) is 12.5 Å². The van der Waals surface area contributed by atoms with Gasteiger partial charge in [0.2, 0.25) is 0 Å². The number of halogens is 1. The molecule has 0 bridgehead atoms. The maximum atomic E-state index is 13.4. The van der Waals surface area contributed by atoms with Gasteiger partial charge in [0.1, 0.15) is 6.17 Å². The predicted octanol–water partition coefficient (Wildman–Crippen LogP) is 1.96. The Morgan fingerprint density at radius 2 is 2.38 bits per heavy atom. The van der Waals surface area contributed by atoms with Crippen LogP contribution in [0.2, 0.25) is 0 Å². The monoisotopic (exact) mass is 181 g/mol. The minimum atomic E-state index is -0.897. The van der Waals surface area contributed by atoms with Crippen molar-refractivity contribution in [3.63, 3.8) is 0 Å². The van der Waals surface area contributed by atoms with Crippen LogP contribution in [-0.4, -0.2) is 16.7 Å². The fourth-order valence-corrected chi connectivity index (χ4v) is 1.85. The summed E-state index contributed by atoms with van der Waals surface area (Å²) in [5.41, 5.74) is 1.40. The molecule has 2 atom stereocenters. The Hall–Kier alpha value is -0.960. The number of hydrogen-bond donors (Lipinski definition) is 1. The highest BCUT2D eigenvalue weighted by Crippen LogP contribution is 2.37. The highest BCUT2D eigenvalue weighted by Gasteiger charge is 2.27. The van der Waals surface area contributed by atoms with Gasteiger partial charge in [0, 0.05) is 17.7 Å². The van der Waals surface area contributed by atoms with Gasteiger partial charge in [-0.1, -0.05) is 6.07 Å². The molecule has 0 amide bonds. The van der Waals surface area contributed by atoms with E-state index in [0.717, 1.165) is 5.69 Å². The Morgan fingerprint density at radius 1 is 1.54 bits per heavy atom. The second kappa shape index (κ2) is 3.42. The second-order valence-corrected chi connectivity index (χ2v) is 3.40. The Labute approximate surface area is 76.4 Å². The predicted molar refractivity (Wildman–Crippen MR) is 47.1 cm³/mol. The molecule has 1 aromatic heterocycles. The lowest BCUT2D eigenvalue weighted by Crippen LogP contribution is -2.16. The molecule has 0 radical (unpaired) electrons. The van der Waals surface area contributed by atoms with Crippen LogP contribution in [0.4, 0.5) is 4.39 Å². The van der Waals surface area contributed by atoms with Crippen molar-refractivity contribution < 1.29 is 9.50 Å². The van der Waals surface area contributed by atoms with Gasteiger partial charge in [-0.25, -0.2) is 4.39 Å². The highest BCUT2D eigenvalue weighted by molar-refractivity contribution is 5.28. The van der Waals surface area contributed by atoms with Crippen LogP contribution in [0.1, 0.15) is 36.2 Å². The summed E-state index contributed by atoms with van der Waals surface area (Å²) >= 11 is 0. The Kier molecular flexibility index (Phi) is 2.27. The van der Waals surface area contributed by atoms with E-state index < -0.39 is 6.17 Å². The zero-order valence-corrected chi connectivity index (χ0v) is 7.28. The first-order chi connectivity index (χ1) is 6.33. The van der Waals surface area contributed by atoms with E-state index in [1.807, 2.05) is 0 Å². The van der Waals surface area contributed by atoms with Gasteiger partial charge in [0.05, 0.1) is 12.3 Å². The number of rotatable bonds is 1. The van der Waals surface area contributed by atoms with Crippen molar-refractivity contribution in [2.75, 3.05) is 6.61 Å². The molecule has 0 saturated heterocycles. The van der Waals surface area contributed by atoms with Crippen LogP contribution in [0.15, 0.2) is 18.3 Å². The summed E-state index contributed by atoms with van der Waals surface area (Å²) in [6.07, 6.45) is 1.96. The van der Waals surface area contributed by atoms with Gasteiger partial charge in [-0.2, -0.15) is 0 Å². The fraction of sp³-hybridized carbons (Fsp3) is 0.500. The number of fused-ring (bicyclic) bond motifs is 1. The summed E-state index contributed by atoms with van der Waals surface area (Å²) in [5.74, 6) is 0.0307. The van der Waals surface area contributed by atoms with Crippen LogP contribution in [0.3, 0.4) is 0 Å². The minimum Gasteiger partial charge on any atom is -0.396 e. The summed E-state index contributed by atoms with van der Waals surface area (Å²) in [4.78, 5) is 4.12. The molecule has 0 spiro atoms. The highest BCUT2D eigenvalue weighted by atomic mass is 19.1. The van der Waals surface area contributed by atoms with Crippen molar-refractivity contribution in [1.82, 2.24) is 4.98 Å². The number of nitrogens with zero attached hydrogens (tertiary/aromatic N) is 1. The average Bonchev–Trinajstić information content (AvgIpc) is 2.19. The van der Waals surface area contributed by atoms with Crippen LogP contribution in [0.5, 0.6) is 0 Å². The zero-order valence-electron chi connectivity index (χ0n) is 7.28. The summed E-state index contributed by atoms with van der Waals surface area (Å²) in [7, 11) is 0. The summed E-state index contributed by atoms with van der Waals surface area (Å²) in [6, 6.07) is 3.50. The normalized spacial score (nSPS) is 26.9. The molecule has 70 valence electrons. The maximum Gasteiger partial charge on any atom is 0.127 e. The molecule has 2 nitrogen and oxygen atoms in total. The van der Waals surface area contributed by atoms with Crippen molar-refractivity contribution in [3.8, 4) is 0 Å². The summed E-state index contributed by atoms with van der Waals surface area (Å²) in [5, 5.41) is 9.06. The van der Waals surface area contributed by atoms with Crippen LogP contribution < -0.4 is 0 Å². The summed E-state index contributed by atoms with van der Waals surface area (Å²) in [6.45, 7) is 0.0662. The third kappa shape index (κ3) is 1.44. The molecule has 13 heavy (non-hydrogen) atoms. The van der Waals surface area contributed by atoms with E-state index in [2.05, 4.69) is 4.98 Å². The smallest absolute Gasteiger partial charge is 0.127 e. The topological polar surface area (TPSA) is 33.1 Å². The van der Waals surface area contributed by atoms with Gasteiger partial charge in [0.25, 0.3) is 0 Å². The van der Waals surface area contributed by atoms with Gasteiger partial charge < -0.3 is 5.11 Å². The molecule has 1 heterocycles. The molecule has 1 aliphatic rings. The maximum absolute atomic E-state index is 13.4. The molecule has 1 aliphatic carbocycles. The molecule has 0 unspecified atom stereocenters. The first-order valence-corrected chi connectivity index (χ1v) is 4.52. The van der Waals surface area contributed by atoms with E-state index in [4.69, 9.17) is 5.11 Å². The molecule has 2 rings (SSSR count). The summed E-state index contributed by atoms with van der Waals surface area (Å²) < 4.78 is 13.4. The molecule has 1 aromatic rings. The van der Waals surface area contributed by atoms with Crippen molar-refractivity contribution in [3.05, 3.63) is 29.6 Å². The number of alkyl halides is 1. The Bertz CT molecular complexity index is 303. The SMILES string of the molecule is OC[C@@H]1CC[C@H](F)c2cccnc21. The molecular weight excluding hydrogens is 169 g/mol. The molecule has 0 aromatic carbocycles. The third-order valence-electron chi connectivity index (χ3n) is 2.58. The van der Waals surface area contributed by atoms with Gasteiger partial charge in [-0.3, -0.25) is 4.98 Å². The van der Waals surface area contributed by atoms with Crippen LogP contribution >= 0.6 is 0 Å². The standard InChI is InChI=1S/C10H12FNO/c11-9-4-3-7(6-13)10-8(9)2-1-5-12-10/h1-2,5,7,9,13H,3-4,6H2/t7-,9-/m0/s1. The van der Waals surface area contributed by atoms with E-state index in [9.17, 15) is 4.39 Å². The molecular formula is C10H12FNO. The van der Waals surface area contributed by atoms with Crippen LogP contribution in [0, 0.1) is 0 Å². The lowest BCUT2D eigenvalue weighted by Gasteiger charge is -2.24. The van der Waals surface area contributed by atoms with Crippen molar-refractivity contribution in [1.29, 1.82) is 0 Å². The van der Waals surface area contributed by atoms with Crippen LogP contribution in [0.25, 0.3) is 0 Å². The minimum absolute atomic E-state index is 0.0307. The van der Waals surface area contributed by atoms with Crippen molar-refractivity contribution >= 4 is 0 Å². The molecule has 3 heteroatoms. The first-order valence-electron chi connectivity index (χ1n) is 4.52. The number of aliphatic hydroxyl groups excluding tert-OH is 1. The molecule has 1 N–H and O–H groups in total. The number of aliphatic hydroxyl groups is 1. The fourth-order valence-electron chi connectivity index (χ4n) is 1.85. The largest absolute Gasteiger partial charge is 0.396 e. The van der Waals surface area contributed by atoms with Gasteiger partial charge in [-0.15, -0.1) is 0 Å². The number of pyridine rings is 1. The molecule has 0 aliphatic heterocycles. The van der Waals surface area contributed by atoms with Crippen LogP contribution in [-0.2, 0) is 0 Å². The van der Waals surface area contributed by atoms with E-state index >= 15 is 0 Å². The van der Waals surface area contributed by atoms with E-state index in [0.29, 0.717) is 18.4 Å². The van der Waals surface area contributed by atoms with Gasteiger partial charge in [-0.05, 0) is 18.9 Å². The lowest BCUT2D eigenvalue weighted by atomic mass is 9.86. The lowest BCUT2D eigenvalue weighted by molar-refractivity contribution is 0.218. The molecule has 0 fully saturated rings.